The van der Waals surface area contributed by atoms with E-state index in [1.807, 2.05) is 24.3 Å². The highest BCUT2D eigenvalue weighted by Crippen LogP contribution is 2.33. The Morgan fingerprint density at radius 3 is 2.18 bits per heavy atom. The van der Waals surface area contributed by atoms with Crippen molar-refractivity contribution in [2.45, 2.75) is 58.5 Å². The molecule has 0 aromatic heterocycles. The molecule has 0 radical (unpaired) electrons. The maximum atomic E-state index is 13.3. The van der Waals surface area contributed by atoms with E-state index in [0.29, 0.717) is 28.8 Å². The van der Waals surface area contributed by atoms with Gasteiger partial charge in [0.05, 0.1) is 22.8 Å². The predicted molar refractivity (Wildman–Crippen MR) is 145 cm³/mol. The summed E-state index contributed by atoms with van der Waals surface area (Å²) in [7, 11) is 0. The molecule has 1 heterocycles. The van der Waals surface area contributed by atoms with Gasteiger partial charge in [-0.3, -0.25) is 4.79 Å². The van der Waals surface area contributed by atoms with Crippen molar-refractivity contribution in [2.75, 3.05) is 26.2 Å². The third kappa shape index (κ3) is 7.35. The lowest BCUT2D eigenvalue weighted by Crippen LogP contribution is -2.36. The van der Waals surface area contributed by atoms with Crippen LogP contribution in [0.15, 0.2) is 36.4 Å². The van der Waals surface area contributed by atoms with Gasteiger partial charge in [-0.05, 0) is 51.8 Å². The van der Waals surface area contributed by atoms with Crippen LogP contribution in [0.2, 0.25) is 10.0 Å². The number of rotatable bonds is 4. The number of benzene rings is 2. The van der Waals surface area contributed by atoms with Crippen molar-refractivity contribution in [3.8, 4) is 0 Å². The van der Waals surface area contributed by atoms with E-state index in [1.165, 1.54) is 0 Å². The Balaban J connectivity index is 0.00000408. The second-order valence-corrected chi connectivity index (χ2v) is 11.8. The van der Waals surface area contributed by atoms with E-state index in [4.69, 9.17) is 27.9 Å². The summed E-state index contributed by atoms with van der Waals surface area (Å²) in [4.78, 5) is 13.3. The zero-order chi connectivity index (χ0) is 24.4. The highest BCUT2D eigenvalue weighted by Gasteiger charge is 2.28. The molecule has 188 valence electrons. The van der Waals surface area contributed by atoms with E-state index in [1.54, 1.807) is 6.07 Å². The Labute approximate surface area is 220 Å². The zero-order valence-electron chi connectivity index (χ0n) is 20.9. The van der Waals surface area contributed by atoms with Crippen LogP contribution in [0.25, 0.3) is 0 Å². The monoisotopic (exact) mass is 526 g/mol. The maximum Gasteiger partial charge on any atom is 0.251 e. The van der Waals surface area contributed by atoms with Crippen LogP contribution in [0.1, 0.15) is 74.7 Å². The van der Waals surface area contributed by atoms with E-state index >= 15 is 0 Å². The minimum absolute atomic E-state index is 0. The fourth-order valence-electron chi connectivity index (χ4n) is 3.98. The summed E-state index contributed by atoms with van der Waals surface area (Å²) in [6, 6.07) is 11.9. The number of halogens is 3. The number of hydrogen-bond donors (Lipinski definition) is 2. The van der Waals surface area contributed by atoms with E-state index in [0.717, 1.165) is 29.8 Å². The van der Waals surface area contributed by atoms with Gasteiger partial charge < -0.3 is 15.4 Å². The molecule has 4 nitrogen and oxygen atoms in total. The standard InChI is InChI=1S/C27H36Cl2N2O2.ClH/c1-26(2,3)20-11-18(12-21(14-20)27(4,5)6)25(32)31-16-19-15-30-9-10-33-24(19)17-7-8-22(28)23(29)13-17;/h7-8,11-14,19,24,30H,9-10,15-16H2,1-6H3,(H,31,32);1H/t19-,24-;/m0./s1. The minimum Gasteiger partial charge on any atom is -0.372 e. The smallest absolute Gasteiger partial charge is 0.251 e. The number of hydrogen-bond acceptors (Lipinski definition) is 3. The van der Waals surface area contributed by atoms with Gasteiger partial charge in [-0.1, -0.05) is 76.9 Å². The van der Waals surface area contributed by atoms with Crippen LogP contribution in [-0.4, -0.2) is 32.1 Å². The molecule has 1 amide bonds. The molecule has 34 heavy (non-hydrogen) atoms. The van der Waals surface area contributed by atoms with Crippen molar-refractivity contribution in [3.05, 3.63) is 68.7 Å². The summed E-state index contributed by atoms with van der Waals surface area (Å²) < 4.78 is 6.15. The van der Waals surface area contributed by atoms with Crippen LogP contribution in [0, 0.1) is 5.92 Å². The van der Waals surface area contributed by atoms with E-state index < -0.39 is 0 Å². The fourth-order valence-corrected chi connectivity index (χ4v) is 4.28. The first-order valence-corrected chi connectivity index (χ1v) is 12.3. The van der Waals surface area contributed by atoms with Gasteiger partial charge >= 0.3 is 0 Å². The second kappa shape index (κ2) is 11.6. The van der Waals surface area contributed by atoms with Crippen molar-refractivity contribution in [1.82, 2.24) is 10.6 Å². The molecule has 2 aromatic rings. The highest BCUT2D eigenvalue weighted by atomic mass is 35.5. The lowest BCUT2D eigenvalue weighted by Gasteiger charge is -2.27. The molecule has 2 aromatic carbocycles. The first kappa shape index (κ1) is 28.9. The number of carbonyl (C=O) groups is 1. The van der Waals surface area contributed by atoms with Crippen LogP contribution in [0.3, 0.4) is 0 Å². The van der Waals surface area contributed by atoms with Crippen LogP contribution < -0.4 is 10.6 Å². The summed E-state index contributed by atoms with van der Waals surface area (Å²) in [5.41, 5.74) is 3.89. The quantitative estimate of drug-likeness (QED) is 0.464. The van der Waals surface area contributed by atoms with Crippen molar-refractivity contribution in [3.63, 3.8) is 0 Å². The summed E-state index contributed by atoms with van der Waals surface area (Å²) in [5.74, 6) is -0.00897. The summed E-state index contributed by atoms with van der Waals surface area (Å²) in [6.45, 7) is 15.6. The average molecular weight is 528 g/mol. The third-order valence-electron chi connectivity index (χ3n) is 6.14. The fraction of sp³-hybridized carbons (Fsp3) is 0.519. The topological polar surface area (TPSA) is 50.4 Å². The van der Waals surface area contributed by atoms with Crippen LogP contribution in [0.5, 0.6) is 0 Å². The van der Waals surface area contributed by atoms with Gasteiger partial charge in [0.2, 0.25) is 0 Å². The van der Waals surface area contributed by atoms with Gasteiger partial charge in [-0.15, -0.1) is 12.4 Å². The Morgan fingerprint density at radius 1 is 1.00 bits per heavy atom. The molecule has 2 N–H and O–H groups in total. The Bertz CT molecular complexity index is 964. The summed E-state index contributed by atoms with van der Waals surface area (Å²) in [5, 5.41) is 7.60. The van der Waals surface area contributed by atoms with Gasteiger partial charge in [-0.25, -0.2) is 0 Å². The summed E-state index contributed by atoms with van der Waals surface area (Å²) >= 11 is 12.4. The van der Waals surface area contributed by atoms with Crippen molar-refractivity contribution in [2.24, 2.45) is 5.92 Å². The molecular weight excluding hydrogens is 491 g/mol. The number of amides is 1. The van der Waals surface area contributed by atoms with Crippen LogP contribution >= 0.6 is 35.6 Å². The molecule has 1 saturated heterocycles. The predicted octanol–water partition coefficient (Wildman–Crippen LogP) is 6.72. The summed E-state index contributed by atoms with van der Waals surface area (Å²) in [6.07, 6.45) is -0.180. The van der Waals surface area contributed by atoms with Crippen molar-refractivity contribution in [1.29, 1.82) is 0 Å². The van der Waals surface area contributed by atoms with Gasteiger partial charge in [0, 0.05) is 31.1 Å². The second-order valence-electron chi connectivity index (χ2n) is 10.9. The Morgan fingerprint density at radius 2 is 1.62 bits per heavy atom. The van der Waals surface area contributed by atoms with Gasteiger partial charge in [-0.2, -0.15) is 0 Å². The Hall–Kier alpha value is -1.30. The molecule has 1 aliphatic rings. The molecule has 0 bridgehead atoms. The number of carbonyl (C=O) groups excluding carboxylic acids is 1. The third-order valence-corrected chi connectivity index (χ3v) is 6.87. The lowest BCUT2D eigenvalue weighted by molar-refractivity contribution is 0.0306. The number of ether oxygens (including phenoxy) is 1. The SMILES string of the molecule is CC(C)(C)c1cc(C(=O)NC[C@@H]2CNCCO[C@H]2c2ccc(Cl)c(Cl)c2)cc(C(C)(C)C)c1.Cl. The first-order chi connectivity index (χ1) is 15.4. The lowest BCUT2D eigenvalue weighted by atomic mass is 9.79. The van der Waals surface area contributed by atoms with Crippen molar-refractivity contribution < 1.29 is 9.53 Å². The van der Waals surface area contributed by atoms with Crippen LogP contribution in [-0.2, 0) is 15.6 Å². The largest absolute Gasteiger partial charge is 0.372 e. The molecule has 0 unspecified atom stereocenters. The normalized spacial score (nSPS) is 19.2. The average Bonchev–Trinajstić information content (AvgIpc) is 2.98. The van der Waals surface area contributed by atoms with E-state index in [2.05, 4.69) is 58.2 Å². The van der Waals surface area contributed by atoms with Gasteiger partial charge in [0.25, 0.3) is 5.91 Å². The molecule has 0 spiro atoms. The molecule has 1 aliphatic heterocycles. The van der Waals surface area contributed by atoms with Crippen LogP contribution in [0.4, 0.5) is 0 Å². The van der Waals surface area contributed by atoms with Crippen molar-refractivity contribution >= 4 is 41.5 Å². The molecular formula is C27H37Cl3N2O2. The Kier molecular flexibility index (Phi) is 9.89. The maximum absolute atomic E-state index is 13.3. The molecule has 0 aliphatic carbocycles. The molecule has 7 heteroatoms. The van der Waals surface area contributed by atoms with Gasteiger partial charge in [0.1, 0.15) is 0 Å². The molecule has 0 saturated carbocycles. The molecule has 2 atom stereocenters. The first-order valence-electron chi connectivity index (χ1n) is 11.6. The van der Waals surface area contributed by atoms with E-state index in [-0.39, 0.29) is 41.2 Å². The van der Waals surface area contributed by atoms with Gasteiger partial charge in [0.15, 0.2) is 0 Å². The zero-order valence-corrected chi connectivity index (χ0v) is 23.3. The molecule has 3 rings (SSSR count). The van der Waals surface area contributed by atoms with E-state index in [9.17, 15) is 4.79 Å². The number of nitrogens with one attached hydrogen (secondary N) is 2. The highest BCUT2D eigenvalue weighted by molar-refractivity contribution is 6.42. The molecule has 1 fully saturated rings. The minimum atomic E-state index is -0.180.